The summed E-state index contributed by atoms with van der Waals surface area (Å²) in [7, 11) is 0. The first-order chi connectivity index (χ1) is 4.81. The van der Waals surface area contributed by atoms with Crippen LogP contribution >= 0.6 is 0 Å². The van der Waals surface area contributed by atoms with Gasteiger partial charge in [0.25, 0.3) is 0 Å². The van der Waals surface area contributed by atoms with Crippen LogP contribution < -0.4 is 5.32 Å². The van der Waals surface area contributed by atoms with Crippen molar-refractivity contribution in [1.82, 2.24) is 10.4 Å². The van der Waals surface area contributed by atoms with Crippen LogP contribution in [0.15, 0.2) is 0 Å². The topological polar surface area (TPSA) is 15.3 Å². The molecular formula is C7H13FN2. The van der Waals surface area contributed by atoms with E-state index in [4.69, 9.17) is 0 Å². The van der Waals surface area contributed by atoms with Crippen LogP contribution in [-0.2, 0) is 0 Å². The van der Waals surface area contributed by atoms with Crippen LogP contribution in [0.4, 0.5) is 4.48 Å². The maximum absolute atomic E-state index is 12.5. The summed E-state index contributed by atoms with van der Waals surface area (Å²) in [5.74, 6) is 0. The van der Waals surface area contributed by atoms with Crippen LogP contribution in [0.2, 0.25) is 0 Å². The van der Waals surface area contributed by atoms with Crippen LogP contribution in [0, 0.1) is 5.41 Å². The monoisotopic (exact) mass is 144 g/mol. The van der Waals surface area contributed by atoms with E-state index in [1.54, 1.807) is 0 Å². The van der Waals surface area contributed by atoms with Crippen molar-refractivity contribution in [3.8, 4) is 0 Å². The molecule has 0 unspecified atom stereocenters. The Hall–Kier alpha value is -0.150. The fraction of sp³-hybridized carbons (Fsp3) is 1.00. The molecule has 1 spiro atoms. The summed E-state index contributed by atoms with van der Waals surface area (Å²) in [6.45, 7) is 3.50. The van der Waals surface area contributed by atoms with Crippen molar-refractivity contribution >= 4 is 0 Å². The summed E-state index contributed by atoms with van der Waals surface area (Å²) in [6.07, 6.45) is 2.08. The molecule has 3 heteroatoms. The molecule has 0 aromatic carbocycles. The molecule has 2 saturated heterocycles. The van der Waals surface area contributed by atoms with E-state index in [9.17, 15) is 4.48 Å². The highest BCUT2D eigenvalue weighted by Crippen LogP contribution is 2.34. The van der Waals surface area contributed by atoms with Gasteiger partial charge < -0.3 is 5.32 Å². The van der Waals surface area contributed by atoms with E-state index in [1.807, 2.05) is 0 Å². The normalized spacial score (nSPS) is 32.1. The zero-order chi connectivity index (χ0) is 7.03. The molecule has 0 bridgehead atoms. The van der Waals surface area contributed by atoms with E-state index < -0.39 is 0 Å². The predicted octanol–water partition coefficient (Wildman–Crippen LogP) is 0.556. The molecular weight excluding hydrogens is 131 g/mol. The Morgan fingerprint density at radius 1 is 1.20 bits per heavy atom. The highest BCUT2D eigenvalue weighted by molar-refractivity contribution is 4.94. The van der Waals surface area contributed by atoms with Crippen LogP contribution in [0.5, 0.6) is 0 Å². The number of hydrogen-bond acceptors (Lipinski definition) is 2. The zero-order valence-electron chi connectivity index (χ0n) is 6.07. The minimum Gasteiger partial charge on any atom is -0.316 e. The van der Waals surface area contributed by atoms with E-state index in [0.717, 1.165) is 31.1 Å². The molecule has 0 amide bonds. The first-order valence-electron chi connectivity index (χ1n) is 3.92. The third-order valence-corrected chi connectivity index (χ3v) is 2.77. The molecule has 2 fully saturated rings. The molecule has 0 atom stereocenters. The van der Waals surface area contributed by atoms with Gasteiger partial charge in [-0.05, 0) is 18.3 Å². The lowest BCUT2D eigenvalue weighted by Crippen LogP contribution is -2.57. The smallest absolute Gasteiger partial charge is 0.0296 e. The van der Waals surface area contributed by atoms with Gasteiger partial charge in [0, 0.05) is 26.2 Å². The molecule has 0 saturated carbocycles. The van der Waals surface area contributed by atoms with Gasteiger partial charge in [0.1, 0.15) is 0 Å². The summed E-state index contributed by atoms with van der Waals surface area (Å²) < 4.78 is 12.5. The van der Waals surface area contributed by atoms with Crippen LogP contribution in [-0.4, -0.2) is 31.3 Å². The largest absolute Gasteiger partial charge is 0.316 e. The number of hydrogen-bond donors (Lipinski definition) is 1. The molecule has 0 aromatic heterocycles. The highest BCUT2D eigenvalue weighted by Gasteiger charge is 2.39. The van der Waals surface area contributed by atoms with Crippen molar-refractivity contribution in [3.63, 3.8) is 0 Å². The van der Waals surface area contributed by atoms with Crippen molar-refractivity contribution < 1.29 is 4.48 Å². The quantitative estimate of drug-likeness (QED) is 0.500. The Balaban J connectivity index is 1.90. The predicted molar refractivity (Wildman–Crippen MR) is 37.2 cm³/mol. The second kappa shape index (κ2) is 2.17. The fourth-order valence-corrected chi connectivity index (χ4v) is 1.79. The standard InChI is InChI=1S/C7H13FN2/c8-10-3-1-7(2-4-10)5-9-6-7/h9H,1-6H2. The lowest BCUT2D eigenvalue weighted by atomic mass is 9.74. The Labute approximate surface area is 60.3 Å². The molecule has 2 heterocycles. The average Bonchev–Trinajstić information content (AvgIpc) is 1.86. The van der Waals surface area contributed by atoms with Gasteiger partial charge in [-0.25, -0.2) is 0 Å². The van der Waals surface area contributed by atoms with Gasteiger partial charge in [-0.1, -0.05) is 0 Å². The molecule has 0 aromatic rings. The van der Waals surface area contributed by atoms with Crippen molar-refractivity contribution in [2.45, 2.75) is 12.8 Å². The number of nitrogens with one attached hydrogen (secondary N) is 1. The molecule has 2 nitrogen and oxygen atoms in total. The van der Waals surface area contributed by atoms with Crippen LogP contribution in [0.1, 0.15) is 12.8 Å². The van der Waals surface area contributed by atoms with Crippen molar-refractivity contribution in [3.05, 3.63) is 0 Å². The van der Waals surface area contributed by atoms with Gasteiger partial charge in [0.2, 0.25) is 0 Å². The fourth-order valence-electron chi connectivity index (χ4n) is 1.79. The number of rotatable bonds is 0. The van der Waals surface area contributed by atoms with E-state index in [0.29, 0.717) is 18.5 Å². The van der Waals surface area contributed by atoms with E-state index in [2.05, 4.69) is 5.32 Å². The lowest BCUT2D eigenvalue weighted by Gasteiger charge is -2.46. The van der Waals surface area contributed by atoms with Crippen LogP contribution in [0.25, 0.3) is 0 Å². The summed E-state index contributed by atoms with van der Waals surface area (Å²) in [5, 5.41) is 4.18. The Kier molecular flexibility index (Phi) is 1.42. The van der Waals surface area contributed by atoms with Crippen molar-refractivity contribution in [2.24, 2.45) is 5.41 Å². The number of nitrogens with zero attached hydrogens (tertiary/aromatic N) is 1. The molecule has 0 radical (unpaired) electrons. The average molecular weight is 144 g/mol. The first kappa shape index (κ1) is 6.55. The van der Waals surface area contributed by atoms with E-state index in [1.165, 1.54) is 0 Å². The van der Waals surface area contributed by atoms with E-state index >= 15 is 0 Å². The molecule has 1 N–H and O–H groups in total. The van der Waals surface area contributed by atoms with E-state index in [-0.39, 0.29) is 0 Å². The maximum atomic E-state index is 12.5. The van der Waals surface area contributed by atoms with Crippen molar-refractivity contribution in [2.75, 3.05) is 26.2 Å². The number of piperidine rings is 1. The van der Waals surface area contributed by atoms with Gasteiger partial charge in [-0.2, -0.15) is 0 Å². The Morgan fingerprint density at radius 2 is 1.80 bits per heavy atom. The molecule has 2 rings (SSSR count). The molecule has 0 aliphatic carbocycles. The summed E-state index contributed by atoms with van der Waals surface area (Å²) in [4.78, 5) is 0. The molecule has 58 valence electrons. The highest BCUT2D eigenvalue weighted by atomic mass is 19.2. The molecule has 2 aliphatic heterocycles. The zero-order valence-corrected chi connectivity index (χ0v) is 6.07. The van der Waals surface area contributed by atoms with Gasteiger partial charge in [-0.3, -0.25) is 0 Å². The minimum atomic E-state index is 0.489. The Morgan fingerprint density at radius 3 is 2.20 bits per heavy atom. The van der Waals surface area contributed by atoms with Crippen LogP contribution in [0.3, 0.4) is 0 Å². The summed E-state index contributed by atoms with van der Waals surface area (Å²) >= 11 is 0. The van der Waals surface area contributed by atoms with Crippen molar-refractivity contribution in [1.29, 1.82) is 0 Å². The van der Waals surface area contributed by atoms with Gasteiger partial charge in [0.15, 0.2) is 0 Å². The second-order valence-corrected chi connectivity index (χ2v) is 3.51. The number of halogens is 1. The third kappa shape index (κ3) is 0.935. The van der Waals surface area contributed by atoms with Gasteiger partial charge >= 0.3 is 0 Å². The molecule has 10 heavy (non-hydrogen) atoms. The molecule has 2 aliphatic rings. The lowest BCUT2D eigenvalue weighted by molar-refractivity contribution is -0.0508. The first-order valence-corrected chi connectivity index (χ1v) is 3.92. The van der Waals surface area contributed by atoms with Gasteiger partial charge in [0.05, 0.1) is 0 Å². The third-order valence-electron chi connectivity index (χ3n) is 2.77. The minimum absolute atomic E-state index is 0.489. The second-order valence-electron chi connectivity index (χ2n) is 3.51. The SMILES string of the molecule is FN1CCC2(CC1)CNC2. The van der Waals surface area contributed by atoms with Gasteiger partial charge in [-0.15, -0.1) is 9.60 Å². The Bertz CT molecular complexity index is 124. The summed E-state index contributed by atoms with van der Waals surface area (Å²) in [5.41, 5.74) is 0.489. The summed E-state index contributed by atoms with van der Waals surface area (Å²) in [6, 6.07) is 0. The maximum Gasteiger partial charge on any atom is 0.0296 e.